The van der Waals surface area contributed by atoms with Crippen LogP contribution in [-0.2, 0) is 22.2 Å². The minimum atomic E-state index is -4.47. The number of hydrogen-bond donors (Lipinski definition) is 2. The highest BCUT2D eigenvalue weighted by Gasteiger charge is 2.32. The van der Waals surface area contributed by atoms with Crippen LogP contribution in [0.25, 0.3) is 11.1 Å². The molecule has 10 heteroatoms. The monoisotopic (exact) mass is 527 g/mol. The Balaban J connectivity index is 1.39. The van der Waals surface area contributed by atoms with Crippen LogP contribution in [0.2, 0.25) is 0 Å². The molecule has 0 aliphatic carbocycles. The molecule has 4 heterocycles. The molecular formula is C28H32F3N5O2. The first-order chi connectivity index (χ1) is 18.3. The molecule has 0 radical (unpaired) electrons. The molecule has 38 heavy (non-hydrogen) atoms. The van der Waals surface area contributed by atoms with Crippen LogP contribution >= 0.6 is 0 Å². The Bertz CT molecular complexity index is 1240. The van der Waals surface area contributed by atoms with Crippen LogP contribution in [-0.4, -0.2) is 56.0 Å². The number of alkyl halides is 3. The molecule has 5 rings (SSSR count). The van der Waals surface area contributed by atoms with E-state index < -0.39 is 11.9 Å². The topological polar surface area (TPSA) is 71.5 Å². The Morgan fingerprint density at radius 1 is 1.00 bits per heavy atom. The molecule has 1 aromatic carbocycles. The smallest absolute Gasteiger partial charge is 0.381 e. The lowest BCUT2D eigenvalue weighted by molar-refractivity contribution is -0.141. The number of hydrogen-bond acceptors (Lipinski definition) is 7. The van der Waals surface area contributed by atoms with Crippen LogP contribution in [0.3, 0.4) is 0 Å². The number of rotatable bonds is 8. The Labute approximate surface area is 220 Å². The second kappa shape index (κ2) is 11.6. The molecule has 2 aliphatic rings. The van der Waals surface area contributed by atoms with E-state index >= 15 is 0 Å². The average molecular weight is 528 g/mol. The minimum absolute atomic E-state index is 0.250. The van der Waals surface area contributed by atoms with Crippen LogP contribution in [0.15, 0.2) is 48.7 Å². The fourth-order valence-corrected chi connectivity index (χ4v) is 4.70. The predicted octanol–water partition coefficient (Wildman–Crippen LogP) is 5.37. The summed E-state index contributed by atoms with van der Waals surface area (Å²) in [5.74, 6) is 2.17. The normalized spacial score (nSPS) is 18.0. The van der Waals surface area contributed by atoms with Gasteiger partial charge in [-0.2, -0.15) is 13.2 Å². The van der Waals surface area contributed by atoms with E-state index in [0.717, 1.165) is 79.3 Å². The van der Waals surface area contributed by atoms with Crippen molar-refractivity contribution in [3.8, 4) is 11.1 Å². The Hall–Kier alpha value is -3.37. The lowest BCUT2D eigenvalue weighted by Gasteiger charge is -2.29. The van der Waals surface area contributed by atoms with Gasteiger partial charge in [-0.05, 0) is 72.0 Å². The van der Waals surface area contributed by atoms with Crippen molar-refractivity contribution in [2.75, 3.05) is 61.6 Å². The van der Waals surface area contributed by atoms with Gasteiger partial charge < -0.3 is 25.0 Å². The largest absolute Gasteiger partial charge is 0.433 e. The third-order valence-electron chi connectivity index (χ3n) is 6.90. The van der Waals surface area contributed by atoms with Gasteiger partial charge in [-0.15, -0.1) is 0 Å². The summed E-state index contributed by atoms with van der Waals surface area (Å²) in [6, 6.07) is 12.8. The van der Waals surface area contributed by atoms with Crippen LogP contribution < -0.4 is 15.5 Å². The van der Waals surface area contributed by atoms with E-state index in [-0.39, 0.29) is 6.54 Å². The number of benzene rings is 1. The molecule has 1 atom stereocenters. The molecule has 202 valence electrons. The first-order valence-corrected chi connectivity index (χ1v) is 12.9. The fourth-order valence-electron chi connectivity index (χ4n) is 4.70. The SMILES string of the molecule is Cc1ccc(NCc2ccnc(C(F)(F)F)c2)cc1-c1cc(NCC2CCOC2)nc(N2CCOCC2)c1. The van der Waals surface area contributed by atoms with Gasteiger partial charge in [0.05, 0.1) is 19.8 Å². The molecule has 0 amide bonds. The summed E-state index contributed by atoms with van der Waals surface area (Å²) < 4.78 is 50.2. The lowest BCUT2D eigenvalue weighted by Crippen LogP contribution is -2.36. The summed E-state index contributed by atoms with van der Waals surface area (Å²) in [4.78, 5) is 10.6. The van der Waals surface area contributed by atoms with Gasteiger partial charge in [-0.3, -0.25) is 4.98 Å². The number of anilines is 3. The summed E-state index contributed by atoms with van der Waals surface area (Å²) in [6.45, 7) is 7.54. The third kappa shape index (κ3) is 6.54. The Morgan fingerprint density at radius 3 is 2.61 bits per heavy atom. The lowest BCUT2D eigenvalue weighted by atomic mass is 10.00. The van der Waals surface area contributed by atoms with Crippen LogP contribution in [0.4, 0.5) is 30.5 Å². The van der Waals surface area contributed by atoms with Crippen molar-refractivity contribution in [2.45, 2.75) is 26.1 Å². The fraction of sp³-hybridized carbons (Fsp3) is 0.429. The molecule has 0 spiro atoms. The van der Waals surface area contributed by atoms with Crippen molar-refractivity contribution in [3.63, 3.8) is 0 Å². The van der Waals surface area contributed by atoms with Crippen molar-refractivity contribution >= 4 is 17.3 Å². The van der Waals surface area contributed by atoms with Gasteiger partial charge in [0.1, 0.15) is 17.3 Å². The summed E-state index contributed by atoms with van der Waals surface area (Å²) >= 11 is 0. The van der Waals surface area contributed by atoms with Gasteiger partial charge in [-0.25, -0.2) is 4.98 Å². The summed E-state index contributed by atoms with van der Waals surface area (Å²) in [6.07, 6.45) is -2.24. The number of aryl methyl sites for hydroxylation is 1. The maximum Gasteiger partial charge on any atom is 0.433 e. The first kappa shape index (κ1) is 26.2. The van der Waals surface area contributed by atoms with E-state index in [1.807, 2.05) is 18.2 Å². The van der Waals surface area contributed by atoms with Gasteiger partial charge in [0.25, 0.3) is 0 Å². The first-order valence-electron chi connectivity index (χ1n) is 12.9. The van der Waals surface area contributed by atoms with Crippen molar-refractivity contribution < 1.29 is 22.6 Å². The highest BCUT2D eigenvalue weighted by molar-refractivity contribution is 5.76. The minimum Gasteiger partial charge on any atom is -0.381 e. The number of pyridine rings is 2. The number of halogens is 3. The molecule has 2 aromatic heterocycles. The quantitative estimate of drug-likeness (QED) is 0.408. The Kier molecular flexibility index (Phi) is 7.99. The van der Waals surface area contributed by atoms with Crippen LogP contribution in [0.1, 0.15) is 23.2 Å². The van der Waals surface area contributed by atoms with Crippen LogP contribution in [0, 0.1) is 12.8 Å². The summed E-state index contributed by atoms with van der Waals surface area (Å²) in [7, 11) is 0. The van der Waals surface area contributed by atoms with Crippen LogP contribution in [0.5, 0.6) is 0 Å². The molecule has 2 fully saturated rings. The number of aromatic nitrogens is 2. The highest BCUT2D eigenvalue weighted by atomic mass is 19.4. The average Bonchev–Trinajstić information content (AvgIpc) is 3.45. The number of nitrogens with zero attached hydrogens (tertiary/aromatic N) is 3. The molecule has 2 aliphatic heterocycles. The van der Waals surface area contributed by atoms with E-state index in [2.05, 4.69) is 39.6 Å². The number of ether oxygens (including phenoxy) is 2. The van der Waals surface area contributed by atoms with E-state index in [0.29, 0.717) is 24.7 Å². The predicted molar refractivity (Wildman–Crippen MR) is 141 cm³/mol. The second-order valence-corrected chi connectivity index (χ2v) is 9.74. The molecule has 2 N–H and O–H groups in total. The van der Waals surface area contributed by atoms with Gasteiger partial charge in [0, 0.05) is 50.6 Å². The molecule has 7 nitrogen and oxygen atoms in total. The molecular weight excluding hydrogens is 495 g/mol. The number of nitrogens with one attached hydrogen (secondary N) is 2. The van der Waals surface area contributed by atoms with Crippen molar-refractivity contribution in [2.24, 2.45) is 5.92 Å². The van der Waals surface area contributed by atoms with E-state index in [1.54, 1.807) is 6.07 Å². The van der Waals surface area contributed by atoms with Gasteiger partial charge in [0.15, 0.2) is 0 Å². The summed E-state index contributed by atoms with van der Waals surface area (Å²) in [5, 5.41) is 6.78. The second-order valence-electron chi connectivity index (χ2n) is 9.74. The molecule has 2 saturated heterocycles. The zero-order valence-corrected chi connectivity index (χ0v) is 21.4. The molecule has 1 unspecified atom stereocenters. The maximum atomic E-state index is 13.0. The van der Waals surface area contributed by atoms with E-state index in [4.69, 9.17) is 14.5 Å². The molecule has 0 bridgehead atoms. The molecule has 0 saturated carbocycles. The van der Waals surface area contributed by atoms with Crippen molar-refractivity contribution in [1.29, 1.82) is 0 Å². The van der Waals surface area contributed by atoms with Crippen molar-refractivity contribution in [1.82, 2.24) is 9.97 Å². The highest BCUT2D eigenvalue weighted by Crippen LogP contribution is 2.32. The Morgan fingerprint density at radius 2 is 1.84 bits per heavy atom. The van der Waals surface area contributed by atoms with Crippen molar-refractivity contribution in [3.05, 3.63) is 65.5 Å². The van der Waals surface area contributed by atoms with Gasteiger partial charge in [-0.1, -0.05) is 6.07 Å². The van der Waals surface area contributed by atoms with E-state index in [9.17, 15) is 13.2 Å². The molecule has 3 aromatic rings. The summed E-state index contributed by atoms with van der Waals surface area (Å²) in [5.41, 5.74) is 3.58. The zero-order valence-electron chi connectivity index (χ0n) is 21.4. The standard InChI is InChI=1S/C28H32F3N5O2/c1-19-2-3-23(33-16-20-4-6-32-25(12-20)28(29,30)31)15-24(19)22-13-26(34-17-21-5-9-38-18-21)35-27(14-22)36-7-10-37-11-8-36/h2-4,6,12-15,21,33H,5,7-11,16-18H2,1H3,(H,34,35). The van der Waals surface area contributed by atoms with Gasteiger partial charge in [0.2, 0.25) is 0 Å². The maximum absolute atomic E-state index is 13.0. The zero-order chi connectivity index (χ0) is 26.5. The number of morpholine rings is 1. The third-order valence-corrected chi connectivity index (χ3v) is 6.90. The van der Waals surface area contributed by atoms with Gasteiger partial charge >= 0.3 is 6.18 Å². The van der Waals surface area contributed by atoms with E-state index in [1.165, 1.54) is 6.20 Å².